The van der Waals surface area contributed by atoms with E-state index in [1.54, 1.807) is 34.9 Å². The number of benzene rings is 2. The van der Waals surface area contributed by atoms with E-state index in [1.807, 2.05) is 23.6 Å². The van der Waals surface area contributed by atoms with Gasteiger partial charge < -0.3 is 0 Å². The standard InChI is InChI=1S/C19H11Cl3N4OS/c20-12-4-1-11(2-5-12)3-8-17(27)23-18-24-19-26(25-18)16(10-28-19)14-7-6-13(21)9-15(14)22/h1-10H,(H,23,25,27)/b8-3+. The average Bonchev–Trinajstić information content (AvgIpc) is 3.22. The molecule has 0 radical (unpaired) electrons. The topological polar surface area (TPSA) is 59.3 Å². The summed E-state index contributed by atoms with van der Waals surface area (Å²) in [7, 11) is 0. The van der Waals surface area contributed by atoms with Gasteiger partial charge >= 0.3 is 0 Å². The van der Waals surface area contributed by atoms with E-state index in [0.29, 0.717) is 20.0 Å². The lowest BCUT2D eigenvalue weighted by Gasteiger charge is -2.02. The maximum atomic E-state index is 12.2. The van der Waals surface area contributed by atoms with E-state index in [2.05, 4.69) is 15.4 Å². The molecule has 28 heavy (non-hydrogen) atoms. The molecule has 1 N–H and O–H groups in total. The Bertz CT molecular complexity index is 1200. The van der Waals surface area contributed by atoms with Crippen molar-refractivity contribution in [2.45, 2.75) is 0 Å². The number of carbonyl (C=O) groups is 1. The Morgan fingerprint density at radius 1 is 1.07 bits per heavy atom. The molecule has 0 aliphatic carbocycles. The molecule has 2 aromatic heterocycles. The van der Waals surface area contributed by atoms with Gasteiger partial charge in [-0.25, -0.2) is 4.52 Å². The Kier molecular flexibility index (Phi) is 5.37. The van der Waals surface area contributed by atoms with Gasteiger partial charge in [0.15, 0.2) is 0 Å². The maximum absolute atomic E-state index is 12.2. The van der Waals surface area contributed by atoms with Crippen LogP contribution in [0.25, 0.3) is 22.3 Å². The molecule has 140 valence electrons. The van der Waals surface area contributed by atoms with Crippen LogP contribution in [0, 0.1) is 0 Å². The summed E-state index contributed by atoms with van der Waals surface area (Å²) < 4.78 is 1.64. The van der Waals surface area contributed by atoms with Gasteiger partial charge in [-0.3, -0.25) is 10.1 Å². The molecule has 0 aliphatic heterocycles. The van der Waals surface area contributed by atoms with Gasteiger partial charge in [0.1, 0.15) is 0 Å². The van der Waals surface area contributed by atoms with Gasteiger partial charge in [-0.2, -0.15) is 4.98 Å². The van der Waals surface area contributed by atoms with E-state index in [4.69, 9.17) is 34.8 Å². The SMILES string of the molecule is O=C(/C=C/c1ccc(Cl)cc1)Nc1nc2scc(-c3ccc(Cl)cc3Cl)n2n1. The van der Waals surface area contributed by atoms with Crippen LogP contribution >= 0.6 is 46.1 Å². The van der Waals surface area contributed by atoms with Crippen LogP contribution in [0.1, 0.15) is 5.56 Å². The Labute approximate surface area is 179 Å². The lowest BCUT2D eigenvalue weighted by atomic mass is 10.2. The second-order valence-electron chi connectivity index (χ2n) is 5.75. The molecule has 0 saturated heterocycles. The number of rotatable bonds is 4. The Hall–Kier alpha value is -2.38. The zero-order valence-electron chi connectivity index (χ0n) is 14.1. The van der Waals surface area contributed by atoms with Crippen LogP contribution in [0.15, 0.2) is 53.9 Å². The fourth-order valence-corrected chi connectivity index (χ4v) is 3.97. The van der Waals surface area contributed by atoms with E-state index in [-0.39, 0.29) is 11.9 Å². The van der Waals surface area contributed by atoms with Crippen LogP contribution in [-0.2, 0) is 4.79 Å². The second kappa shape index (κ2) is 7.93. The maximum Gasteiger partial charge on any atom is 0.250 e. The summed E-state index contributed by atoms with van der Waals surface area (Å²) in [5, 5.41) is 10.6. The molecule has 9 heteroatoms. The molecule has 4 aromatic rings. The van der Waals surface area contributed by atoms with Crippen molar-refractivity contribution < 1.29 is 4.79 Å². The van der Waals surface area contributed by atoms with Crippen LogP contribution in [-0.4, -0.2) is 20.5 Å². The van der Waals surface area contributed by atoms with Crippen LogP contribution in [0.5, 0.6) is 0 Å². The van der Waals surface area contributed by atoms with Gasteiger partial charge in [-0.1, -0.05) is 46.9 Å². The van der Waals surface area contributed by atoms with Gasteiger partial charge in [-0.05, 0) is 42.0 Å². The average molecular weight is 450 g/mol. The van der Waals surface area contributed by atoms with Gasteiger partial charge in [0.2, 0.25) is 4.96 Å². The quantitative estimate of drug-likeness (QED) is 0.385. The molecule has 4 rings (SSSR count). The van der Waals surface area contributed by atoms with E-state index in [0.717, 1.165) is 16.8 Å². The summed E-state index contributed by atoms with van der Waals surface area (Å²) in [6.45, 7) is 0. The van der Waals surface area contributed by atoms with Crippen molar-refractivity contribution in [3.05, 3.63) is 74.6 Å². The van der Waals surface area contributed by atoms with Crippen LogP contribution in [0.2, 0.25) is 15.1 Å². The third kappa shape index (κ3) is 4.05. The Morgan fingerprint density at radius 2 is 1.82 bits per heavy atom. The molecule has 0 unspecified atom stereocenters. The van der Waals surface area contributed by atoms with E-state index in [9.17, 15) is 4.79 Å². The molecule has 0 saturated carbocycles. The highest BCUT2D eigenvalue weighted by atomic mass is 35.5. The molecule has 2 aromatic carbocycles. The number of halogens is 3. The number of anilines is 1. The summed E-state index contributed by atoms with van der Waals surface area (Å²) >= 11 is 19.5. The molecule has 1 amide bonds. The summed E-state index contributed by atoms with van der Waals surface area (Å²) in [6, 6.07) is 12.4. The minimum absolute atomic E-state index is 0.212. The van der Waals surface area contributed by atoms with E-state index >= 15 is 0 Å². The largest absolute Gasteiger partial charge is 0.290 e. The van der Waals surface area contributed by atoms with Crippen molar-refractivity contribution in [3.8, 4) is 11.3 Å². The van der Waals surface area contributed by atoms with Gasteiger partial charge in [0.05, 0.1) is 10.7 Å². The first-order chi connectivity index (χ1) is 13.5. The molecule has 0 atom stereocenters. The monoisotopic (exact) mass is 448 g/mol. The number of fused-ring (bicyclic) bond motifs is 1. The molecule has 0 spiro atoms. The lowest BCUT2D eigenvalue weighted by molar-refractivity contribution is -0.111. The highest BCUT2D eigenvalue weighted by Crippen LogP contribution is 2.33. The van der Waals surface area contributed by atoms with Crippen molar-refractivity contribution in [1.29, 1.82) is 0 Å². The predicted molar refractivity (Wildman–Crippen MR) is 115 cm³/mol. The smallest absolute Gasteiger partial charge is 0.250 e. The zero-order chi connectivity index (χ0) is 19.7. The molecule has 5 nitrogen and oxygen atoms in total. The van der Waals surface area contributed by atoms with Gasteiger partial charge in [-0.15, -0.1) is 16.4 Å². The van der Waals surface area contributed by atoms with Gasteiger partial charge in [0, 0.05) is 27.1 Å². The molecule has 0 fully saturated rings. The number of aromatic nitrogens is 3. The predicted octanol–water partition coefficient (Wildman–Crippen LogP) is 6.07. The fraction of sp³-hybridized carbons (Fsp3) is 0. The summed E-state index contributed by atoms with van der Waals surface area (Å²) in [6.07, 6.45) is 3.10. The molecular weight excluding hydrogens is 439 g/mol. The minimum Gasteiger partial charge on any atom is -0.290 e. The summed E-state index contributed by atoms with van der Waals surface area (Å²) in [4.78, 5) is 17.1. The number of nitrogens with zero attached hydrogens (tertiary/aromatic N) is 3. The van der Waals surface area contributed by atoms with Crippen LogP contribution in [0.3, 0.4) is 0 Å². The Balaban J connectivity index is 1.54. The highest BCUT2D eigenvalue weighted by Gasteiger charge is 2.14. The number of hydrogen-bond donors (Lipinski definition) is 1. The molecule has 0 bridgehead atoms. The van der Waals surface area contributed by atoms with Crippen molar-refractivity contribution in [2.24, 2.45) is 0 Å². The first-order valence-corrected chi connectivity index (χ1v) is 10.1. The number of amides is 1. The number of hydrogen-bond acceptors (Lipinski definition) is 4. The number of nitrogens with one attached hydrogen (secondary N) is 1. The molecule has 0 aliphatic rings. The summed E-state index contributed by atoms with van der Waals surface area (Å²) in [5.41, 5.74) is 2.41. The highest BCUT2D eigenvalue weighted by molar-refractivity contribution is 7.15. The minimum atomic E-state index is -0.334. The third-order valence-corrected chi connectivity index (χ3v) is 5.44. The first-order valence-electron chi connectivity index (χ1n) is 8.04. The number of carbonyl (C=O) groups excluding carboxylic acids is 1. The summed E-state index contributed by atoms with van der Waals surface area (Å²) in [5.74, 6) is -0.122. The normalized spacial score (nSPS) is 11.4. The Morgan fingerprint density at radius 3 is 2.57 bits per heavy atom. The third-order valence-electron chi connectivity index (χ3n) is 3.82. The molecular formula is C19H11Cl3N4OS. The van der Waals surface area contributed by atoms with Crippen molar-refractivity contribution in [2.75, 3.05) is 5.32 Å². The van der Waals surface area contributed by atoms with Crippen molar-refractivity contribution in [3.63, 3.8) is 0 Å². The van der Waals surface area contributed by atoms with E-state index < -0.39 is 0 Å². The first kappa shape index (κ1) is 19.0. The zero-order valence-corrected chi connectivity index (χ0v) is 17.1. The number of thiazole rings is 1. The van der Waals surface area contributed by atoms with Gasteiger partial charge in [0.25, 0.3) is 11.9 Å². The fourth-order valence-electron chi connectivity index (χ4n) is 2.51. The van der Waals surface area contributed by atoms with Crippen molar-refractivity contribution >= 4 is 69.0 Å². The molecule has 2 heterocycles. The van der Waals surface area contributed by atoms with Crippen LogP contribution in [0.4, 0.5) is 5.95 Å². The second-order valence-corrected chi connectivity index (χ2v) is 7.87. The van der Waals surface area contributed by atoms with Crippen molar-refractivity contribution in [1.82, 2.24) is 14.6 Å². The lowest BCUT2D eigenvalue weighted by Crippen LogP contribution is -2.09. The van der Waals surface area contributed by atoms with Crippen LogP contribution < -0.4 is 5.32 Å². The van der Waals surface area contributed by atoms with E-state index in [1.165, 1.54) is 17.4 Å².